The van der Waals surface area contributed by atoms with Gasteiger partial charge in [0.15, 0.2) is 0 Å². The van der Waals surface area contributed by atoms with Crippen LogP contribution in [-0.2, 0) is 0 Å². The number of anilines is 1. The van der Waals surface area contributed by atoms with Crippen LogP contribution in [0.4, 0.5) is 5.69 Å². The van der Waals surface area contributed by atoms with Crippen molar-refractivity contribution in [2.75, 3.05) is 5.73 Å². The normalized spacial score (nSPS) is 10.8. The van der Waals surface area contributed by atoms with E-state index in [0.29, 0.717) is 11.2 Å². The third-order valence-corrected chi connectivity index (χ3v) is 3.29. The first-order chi connectivity index (χ1) is 9.58. The van der Waals surface area contributed by atoms with Crippen LogP contribution in [0.5, 0.6) is 0 Å². The molecule has 0 aliphatic heterocycles. The lowest BCUT2D eigenvalue weighted by Gasteiger charge is -2.02. The maximum absolute atomic E-state index is 11.3. The van der Waals surface area contributed by atoms with E-state index >= 15 is 0 Å². The Balaban J connectivity index is 2.24. The largest absolute Gasteiger partial charge is 0.396 e. The van der Waals surface area contributed by atoms with Crippen molar-refractivity contribution in [3.05, 3.63) is 48.0 Å². The van der Waals surface area contributed by atoms with E-state index in [2.05, 4.69) is 10.1 Å². The van der Waals surface area contributed by atoms with Crippen molar-refractivity contribution < 1.29 is 4.79 Å². The van der Waals surface area contributed by atoms with Crippen molar-refractivity contribution in [2.24, 2.45) is 5.73 Å². The third kappa shape index (κ3) is 1.78. The number of primary amides is 1. The van der Waals surface area contributed by atoms with E-state index in [9.17, 15) is 4.79 Å². The molecule has 0 radical (unpaired) electrons. The highest BCUT2D eigenvalue weighted by molar-refractivity contribution is 6.01. The molecular weight excluding hydrogens is 254 g/mol. The summed E-state index contributed by atoms with van der Waals surface area (Å²) in [4.78, 5) is 15.4. The molecule has 0 aliphatic carbocycles. The van der Waals surface area contributed by atoms with Gasteiger partial charge in [-0.25, -0.2) is 4.52 Å². The molecule has 0 spiro atoms. The quantitative estimate of drug-likeness (QED) is 0.732. The van der Waals surface area contributed by atoms with Gasteiger partial charge in [0.2, 0.25) is 0 Å². The van der Waals surface area contributed by atoms with Crippen LogP contribution in [0.1, 0.15) is 15.9 Å². The van der Waals surface area contributed by atoms with Crippen LogP contribution in [0.25, 0.3) is 16.6 Å². The van der Waals surface area contributed by atoms with E-state index in [-0.39, 0.29) is 5.56 Å². The number of hydrogen-bond acceptors (Lipinski definition) is 4. The molecule has 0 saturated carbocycles. The van der Waals surface area contributed by atoms with E-state index in [1.165, 1.54) is 6.20 Å². The van der Waals surface area contributed by atoms with Crippen LogP contribution in [0.2, 0.25) is 0 Å². The zero-order chi connectivity index (χ0) is 14.3. The summed E-state index contributed by atoms with van der Waals surface area (Å²) in [6.07, 6.45) is 6.76. The minimum Gasteiger partial charge on any atom is -0.396 e. The molecule has 6 nitrogen and oxygen atoms in total. The molecule has 0 saturated heterocycles. The lowest BCUT2D eigenvalue weighted by Crippen LogP contribution is -2.15. The van der Waals surface area contributed by atoms with Gasteiger partial charge in [0.1, 0.15) is 0 Å². The number of pyridine rings is 1. The smallest absolute Gasteiger partial charge is 0.252 e. The molecule has 4 N–H and O–H groups in total. The second-order valence-corrected chi connectivity index (χ2v) is 4.59. The average Bonchev–Trinajstić information content (AvgIpc) is 2.84. The predicted octanol–water partition coefficient (Wildman–Crippen LogP) is 1.39. The Labute approximate surface area is 115 Å². The number of nitrogens with two attached hydrogens (primary N) is 2. The van der Waals surface area contributed by atoms with Crippen LogP contribution in [0.3, 0.4) is 0 Å². The fraction of sp³-hybridized carbons (Fsp3) is 0.0714. The van der Waals surface area contributed by atoms with Crippen LogP contribution < -0.4 is 11.5 Å². The molecule has 3 rings (SSSR count). The molecule has 20 heavy (non-hydrogen) atoms. The third-order valence-electron chi connectivity index (χ3n) is 3.29. The van der Waals surface area contributed by atoms with Crippen molar-refractivity contribution in [3.8, 4) is 11.1 Å². The molecule has 0 bridgehead atoms. The molecule has 0 unspecified atom stereocenters. The summed E-state index contributed by atoms with van der Waals surface area (Å²) < 4.78 is 1.63. The summed E-state index contributed by atoms with van der Waals surface area (Å²) in [5.74, 6) is -0.585. The molecule has 3 aromatic heterocycles. The molecule has 3 heterocycles. The SMILES string of the molecule is Cc1ccncc1-c1cc2c(N)c(C(N)=O)cnn2c1. The fourth-order valence-electron chi connectivity index (χ4n) is 2.19. The monoisotopic (exact) mass is 267 g/mol. The maximum Gasteiger partial charge on any atom is 0.252 e. The molecular formula is C14H13N5O. The summed E-state index contributed by atoms with van der Waals surface area (Å²) in [6, 6.07) is 3.81. The van der Waals surface area contributed by atoms with E-state index in [0.717, 1.165) is 16.7 Å². The number of aryl methyl sites for hydroxylation is 1. The van der Waals surface area contributed by atoms with Gasteiger partial charge in [-0.1, -0.05) is 0 Å². The summed E-state index contributed by atoms with van der Waals surface area (Å²) in [5, 5.41) is 4.15. The number of nitrogens with zero attached hydrogens (tertiary/aromatic N) is 3. The summed E-state index contributed by atoms with van der Waals surface area (Å²) in [5.41, 5.74) is 15.5. The molecule has 0 atom stereocenters. The summed E-state index contributed by atoms with van der Waals surface area (Å²) in [6.45, 7) is 2.00. The fourth-order valence-corrected chi connectivity index (χ4v) is 2.19. The highest BCUT2D eigenvalue weighted by Gasteiger charge is 2.13. The number of carbonyl (C=O) groups is 1. The minimum absolute atomic E-state index is 0.227. The van der Waals surface area contributed by atoms with E-state index in [4.69, 9.17) is 11.5 Å². The number of hydrogen-bond donors (Lipinski definition) is 2. The van der Waals surface area contributed by atoms with Crippen LogP contribution in [0.15, 0.2) is 36.9 Å². The first-order valence-corrected chi connectivity index (χ1v) is 6.05. The Hall–Kier alpha value is -2.89. The van der Waals surface area contributed by atoms with Gasteiger partial charge in [-0.15, -0.1) is 0 Å². The second kappa shape index (κ2) is 4.34. The molecule has 0 fully saturated rings. The van der Waals surface area contributed by atoms with Crippen molar-refractivity contribution >= 4 is 17.1 Å². The topological polar surface area (TPSA) is 99.3 Å². The van der Waals surface area contributed by atoms with Crippen molar-refractivity contribution in [3.63, 3.8) is 0 Å². The molecule has 6 heteroatoms. The van der Waals surface area contributed by atoms with Gasteiger partial charge < -0.3 is 11.5 Å². The number of carbonyl (C=O) groups excluding carboxylic acids is 1. The Bertz CT molecular complexity index is 822. The Morgan fingerprint density at radius 2 is 2.15 bits per heavy atom. The van der Waals surface area contributed by atoms with Gasteiger partial charge in [-0.2, -0.15) is 5.10 Å². The van der Waals surface area contributed by atoms with Gasteiger partial charge >= 0.3 is 0 Å². The molecule has 1 amide bonds. The van der Waals surface area contributed by atoms with Gasteiger partial charge in [-0.3, -0.25) is 9.78 Å². The number of fused-ring (bicyclic) bond motifs is 1. The maximum atomic E-state index is 11.3. The standard InChI is InChI=1S/C14H13N5O/c1-8-2-3-17-5-10(8)9-4-12-13(15)11(14(16)20)6-18-19(12)7-9/h2-7H,15H2,1H3,(H2,16,20). The molecule has 0 aliphatic rings. The summed E-state index contributed by atoms with van der Waals surface area (Å²) in [7, 11) is 0. The van der Waals surface area contributed by atoms with Crippen molar-refractivity contribution in [2.45, 2.75) is 6.92 Å². The lowest BCUT2D eigenvalue weighted by atomic mass is 10.1. The first kappa shape index (κ1) is 12.2. The number of rotatable bonds is 2. The number of amides is 1. The lowest BCUT2D eigenvalue weighted by molar-refractivity contribution is 0.100. The van der Waals surface area contributed by atoms with Gasteiger partial charge in [0.05, 0.1) is 23.0 Å². The molecule has 100 valence electrons. The van der Waals surface area contributed by atoms with E-state index in [1.807, 2.05) is 25.3 Å². The minimum atomic E-state index is -0.585. The van der Waals surface area contributed by atoms with Gasteiger partial charge in [0.25, 0.3) is 5.91 Å². The first-order valence-electron chi connectivity index (χ1n) is 6.05. The molecule has 0 aromatic carbocycles. The van der Waals surface area contributed by atoms with E-state index < -0.39 is 5.91 Å². The Kier molecular flexibility index (Phi) is 2.64. The van der Waals surface area contributed by atoms with Crippen molar-refractivity contribution in [1.29, 1.82) is 0 Å². The number of aromatic nitrogens is 3. The molecule has 3 aromatic rings. The van der Waals surface area contributed by atoms with Crippen LogP contribution >= 0.6 is 0 Å². The van der Waals surface area contributed by atoms with Gasteiger partial charge in [0, 0.05) is 29.7 Å². The highest BCUT2D eigenvalue weighted by Crippen LogP contribution is 2.27. The van der Waals surface area contributed by atoms with Crippen molar-refractivity contribution in [1.82, 2.24) is 14.6 Å². The van der Waals surface area contributed by atoms with Gasteiger partial charge in [-0.05, 0) is 24.6 Å². The average molecular weight is 267 g/mol. The number of nitrogen functional groups attached to an aromatic ring is 1. The Morgan fingerprint density at radius 1 is 1.35 bits per heavy atom. The predicted molar refractivity (Wildman–Crippen MR) is 76.1 cm³/mol. The van der Waals surface area contributed by atoms with Crippen LogP contribution in [0, 0.1) is 6.92 Å². The zero-order valence-corrected chi connectivity index (χ0v) is 10.9. The second-order valence-electron chi connectivity index (χ2n) is 4.59. The summed E-state index contributed by atoms with van der Waals surface area (Å²) >= 11 is 0. The Morgan fingerprint density at radius 3 is 2.85 bits per heavy atom. The highest BCUT2D eigenvalue weighted by atomic mass is 16.1. The zero-order valence-electron chi connectivity index (χ0n) is 10.9. The van der Waals surface area contributed by atoms with E-state index in [1.54, 1.807) is 16.9 Å². The van der Waals surface area contributed by atoms with Crippen LogP contribution in [-0.4, -0.2) is 20.5 Å².